The molecular formula is C10H8N6S2. The normalized spacial score (nSPS) is 10.8. The topological polar surface area (TPSA) is 61.4 Å². The van der Waals surface area contributed by atoms with E-state index < -0.39 is 0 Å². The minimum Gasteiger partial charge on any atom is -0.277 e. The van der Waals surface area contributed by atoms with Crippen LogP contribution in [-0.4, -0.2) is 29.5 Å². The molecule has 0 aliphatic heterocycles. The molecule has 8 heteroatoms. The van der Waals surface area contributed by atoms with E-state index in [2.05, 4.69) is 45.7 Å². The Morgan fingerprint density at radius 1 is 0.722 bits per heavy atom. The maximum absolute atomic E-state index is 4.21. The fourth-order valence-corrected chi connectivity index (χ4v) is 2.03. The lowest BCUT2D eigenvalue weighted by molar-refractivity contribution is 0.877. The SMILES string of the molecule is Sc1nncn1-c1ccc(-n2cnnc2S)cc1. The van der Waals surface area contributed by atoms with Crippen molar-refractivity contribution < 1.29 is 0 Å². The molecule has 2 heterocycles. The molecule has 0 spiro atoms. The number of thiol groups is 2. The van der Waals surface area contributed by atoms with Gasteiger partial charge in [0.1, 0.15) is 12.7 Å². The summed E-state index contributed by atoms with van der Waals surface area (Å²) in [7, 11) is 0. The van der Waals surface area contributed by atoms with Crippen LogP contribution < -0.4 is 0 Å². The molecule has 0 saturated heterocycles. The Hall–Kier alpha value is -1.80. The van der Waals surface area contributed by atoms with Crippen molar-refractivity contribution in [1.82, 2.24) is 29.5 Å². The molecule has 2 aromatic heterocycles. The predicted molar refractivity (Wildman–Crippen MR) is 70.8 cm³/mol. The van der Waals surface area contributed by atoms with Crippen LogP contribution in [0, 0.1) is 0 Å². The van der Waals surface area contributed by atoms with Gasteiger partial charge < -0.3 is 0 Å². The molecule has 0 unspecified atom stereocenters. The molecule has 0 aliphatic rings. The zero-order valence-electron chi connectivity index (χ0n) is 9.04. The first kappa shape index (κ1) is 11.3. The Morgan fingerprint density at radius 2 is 1.11 bits per heavy atom. The molecule has 18 heavy (non-hydrogen) atoms. The molecule has 0 saturated carbocycles. The van der Waals surface area contributed by atoms with Crippen LogP contribution in [0.15, 0.2) is 47.2 Å². The molecule has 0 bridgehead atoms. The third kappa shape index (κ3) is 1.89. The second-order valence-corrected chi connectivity index (χ2v) is 4.32. The molecule has 3 rings (SSSR count). The maximum Gasteiger partial charge on any atom is 0.192 e. The monoisotopic (exact) mass is 276 g/mol. The summed E-state index contributed by atoms with van der Waals surface area (Å²) < 4.78 is 3.56. The average Bonchev–Trinajstić information content (AvgIpc) is 2.98. The van der Waals surface area contributed by atoms with Crippen molar-refractivity contribution in [1.29, 1.82) is 0 Å². The van der Waals surface area contributed by atoms with Crippen molar-refractivity contribution in [2.24, 2.45) is 0 Å². The van der Waals surface area contributed by atoms with E-state index in [0.717, 1.165) is 11.4 Å². The Morgan fingerprint density at radius 3 is 1.39 bits per heavy atom. The first-order valence-corrected chi connectivity index (χ1v) is 5.94. The zero-order valence-corrected chi connectivity index (χ0v) is 10.8. The molecule has 3 aromatic rings. The van der Waals surface area contributed by atoms with E-state index in [-0.39, 0.29) is 0 Å². The van der Waals surface area contributed by atoms with E-state index in [4.69, 9.17) is 0 Å². The maximum atomic E-state index is 4.21. The molecule has 0 N–H and O–H groups in total. The van der Waals surface area contributed by atoms with Crippen molar-refractivity contribution in [3.05, 3.63) is 36.9 Å². The minimum absolute atomic E-state index is 0.543. The highest BCUT2D eigenvalue weighted by atomic mass is 32.1. The highest BCUT2D eigenvalue weighted by molar-refractivity contribution is 7.80. The van der Waals surface area contributed by atoms with E-state index in [0.29, 0.717) is 10.3 Å². The van der Waals surface area contributed by atoms with Gasteiger partial charge in [0.2, 0.25) is 0 Å². The molecule has 0 amide bonds. The lowest BCUT2D eigenvalue weighted by atomic mass is 10.3. The standard InChI is InChI=1S/C10H8N6S2/c17-9-13-11-5-15(9)7-1-2-8(4-3-7)16-6-12-14-10(16)18/h1-6H,(H,13,17)(H,14,18). The summed E-state index contributed by atoms with van der Waals surface area (Å²) in [6.07, 6.45) is 3.22. The Balaban J connectivity index is 2.00. The summed E-state index contributed by atoms with van der Waals surface area (Å²) in [6, 6.07) is 7.74. The smallest absolute Gasteiger partial charge is 0.192 e. The van der Waals surface area contributed by atoms with E-state index >= 15 is 0 Å². The second-order valence-electron chi connectivity index (χ2n) is 3.52. The predicted octanol–water partition coefficient (Wildman–Crippen LogP) is 1.43. The number of benzene rings is 1. The fraction of sp³-hybridized carbons (Fsp3) is 0. The van der Waals surface area contributed by atoms with Gasteiger partial charge in [0.15, 0.2) is 10.3 Å². The van der Waals surface area contributed by atoms with Gasteiger partial charge in [-0.15, -0.1) is 45.7 Å². The molecule has 0 atom stereocenters. The van der Waals surface area contributed by atoms with Gasteiger partial charge in [-0.05, 0) is 24.3 Å². The summed E-state index contributed by atoms with van der Waals surface area (Å²) in [6.45, 7) is 0. The van der Waals surface area contributed by atoms with Gasteiger partial charge in [-0.25, -0.2) is 0 Å². The molecular weight excluding hydrogens is 268 g/mol. The summed E-state index contributed by atoms with van der Waals surface area (Å²) in [5.74, 6) is 0. The summed E-state index contributed by atoms with van der Waals surface area (Å²) in [5, 5.41) is 16.3. The third-order valence-electron chi connectivity index (χ3n) is 2.47. The molecule has 90 valence electrons. The number of hydrogen-bond donors (Lipinski definition) is 2. The first-order chi connectivity index (χ1) is 8.75. The van der Waals surface area contributed by atoms with Crippen LogP contribution in [0.2, 0.25) is 0 Å². The highest BCUT2D eigenvalue weighted by Gasteiger charge is 2.05. The van der Waals surface area contributed by atoms with E-state index in [1.54, 1.807) is 21.8 Å². The molecule has 0 radical (unpaired) electrons. The van der Waals surface area contributed by atoms with Crippen LogP contribution >= 0.6 is 25.3 Å². The quantitative estimate of drug-likeness (QED) is 0.695. The summed E-state index contributed by atoms with van der Waals surface area (Å²) in [4.78, 5) is 0. The van der Waals surface area contributed by atoms with Crippen LogP contribution in [0.3, 0.4) is 0 Å². The van der Waals surface area contributed by atoms with E-state index in [1.165, 1.54) is 0 Å². The van der Waals surface area contributed by atoms with Gasteiger partial charge in [-0.1, -0.05) is 0 Å². The summed E-state index contributed by atoms with van der Waals surface area (Å²) >= 11 is 8.43. The number of aromatic nitrogens is 6. The largest absolute Gasteiger partial charge is 0.277 e. The van der Waals surface area contributed by atoms with Gasteiger partial charge in [0.05, 0.1) is 0 Å². The first-order valence-electron chi connectivity index (χ1n) is 5.04. The van der Waals surface area contributed by atoms with Crippen LogP contribution in [-0.2, 0) is 0 Å². The Labute approximate surface area is 114 Å². The van der Waals surface area contributed by atoms with Crippen LogP contribution in [0.4, 0.5) is 0 Å². The molecule has 6 nitrogen and oxygen atoms in total. The van der Waals surface area contributed by atoms with Gasteiger partial charge in [0.25, 0.3) is 0 Å². The van der Waals surface area contributed by atoms with Crippen molar-refractivity contribution in [2.45, 2.75) is 10.3 Å². The highest BCUT2D eigenvalue weighted by Crippen LogP contribution is 2.17. The molecule has 1 aromatic carbocycles. The Kier molecular flexibility index (Phi) is 2.80. The fourth-order valence-electron chi connectivity index (χ4n) is 1.60. The van der Waals surface area contributed by atoms with Crippen molar-refractivity contribution in [3.8, 4) is 11.4 Å². The lowest BCUT2D eigenvalue weighted by Gasteiger charge is -2.06. The van der Waals surface area contributed by atoms with Gasteiger partial charge in [-0.2, -0.15) is 0 Å². The molecule has 0 aliphatic carbocycles. The minimum atomic E-state index is 0.543. The average molecular weight is 276 g/mol. The number of nitrogens with zero attached hydrogens (tertiary/aromatic N) is 6. The Bertz CT molecular complexity index is 613. The number of hydrogen-bond acceptors (Lipinski definition) is 6. The zero-order chi connectivity index (χ0) is 12.5. The van der Waals surface area contributed by atoms with Crippen molar-refractivity contribution in [3.63, 3.8) is 0 Å². The van der Waals surface area contributed by atoms with Gasteiger partial charge >= 0.3 is 0 Å². The van der Waals surface area contributed by atoms with E-state index in [9.17, 15) is 0 Å². The van der Waals surface area contributed by atoms with Gasteiger partial charge in [0, 0.05) is 11.4 Å². The number of rotatable bonds is 2. The van der Waals surface area contributed by atoms with Crippen molar-refractivity contribution >= 4 is 25.3 Å². The lowest BCUT2D eigenvalue weighted by Crippen LogP contribution is -1.96. The summed E-state index contributed by atoms with van der Waals surface area (Å²) in [5.41, 5.74) is 1.87. The van der Waals surface area contributed by atoms with Gasteiger partial charge in [-0.3, -0.25) is 9.13 Å². The van der Waals surface area contributed by atoms with Crippen LogP contribution in [0.25, 0.3) is 11.4 Å². The van der Waals surface area contributed by atoms with E-state index in [1.807, 2.05) is 24.3 Å². The molecule has 0 fully saturated rings. The van der Waals surface area contributed by atoms with Crippen LogP contribution in [0.5, 0.6) is 0 Å². The second kappa shape index (κ2) is 4.46. The van der Waals surface area contributed by atoms with Crippen molar-refractivity contribution in [2.75, 3.05) is 0 Å². The van der Waals surface area contributed by atoms with Crippen LogP contribution in [0.1, 0.15) is 0 Å². The third-order valence-corrected chi connectivity index (χ3v) is 3.08.